The van der Waals surface area contributed by atoms with Crippen LogP contribution < -0.4 is 92.1 Å². The van der Waals surface area contributed by atoms with Crippen molar-refractivity contribution in [3.05, 3.63) is 71.0 Å². The summed E-state index contributed by atoms with van der Waals surface area (Å²) < 4.78 is 0. The van der Waals surface area contributed by atoms with E-state index in [-0.39, 0.29) is 197 Å². The second-order valence-electron chi connectivity index (χ2n) is 43.4. The lowest BCUT2D eigenvalue weighted by Gasteiger charge is -2.41. The highest BCUT2D eigenvalue weighted by Gasteiger charge is 2.62. The Bertz CT molecular complexity index is 5030. The molecular weight excluding hydrogens is 1810 g/mol. The van der Waals surface area contributed by atoms with Gasteiger partial charge in [-0.05, 0) is 158 Å². The predicted octanol–water partition coefficient (Wildman–Crippen LogP) is -6.38. The van der Waals surface area contributed by atoms with Crippen molar-refractivity contribution < 1.29 is 74.4 Å². The summed E-state index contributed by atoms with van der Waals surface area (Å²) in [6.07, 6.45) is 14.0. The molecule has 0 spiro atoms. The predicted molar refractivity (Wildman–Crippen MR) is 525 cm³/mol. The van der Waals surface area contributed by atoms with Gasteiger partial charge in [0.25, 0.3) is 11.8 Å². The SMILES string of the molecule is CC(=N)C1=CN(C(C)(C)C)C2NC(=N)NC(=O)C12.CC(C)(C)N1C=C(CNC2C(O)C(O)C3CC32)C2C(=O)NC(N)=NC21.CC(C)(C)N1C=C(CNC2C=CC(O)C2O)C2C(=O)NC(N)=NC21.CC(C)C.CC(C)C.CN1C=C(CNC2C(O)C(O)C3CC32)C2C(=O)NC(N)=NC21.CN1C=C(CNC2C(O)C(O)C3CC32)C2C(=O)NC(N)=NC21.CN1C=NC2NC=NC2C1=O.O=C1NC=NC2N=CNC12. The number of fused-ring (bicyclic) bond motifs is 10. The number of hydrogen-bond acceptors (Lipinski definition) is 40. The Morgan fingerprint density at radius 1 is 0.450 bits per heavy atom. The largest absolute Gasteiger partial charge is 0.390 e. The van der Waals surface area contributed by atoms with Crippen LogP contribution in [0.15, 0.2) is 111 Å². The van der Waals surface area contributed by atoms with Gasteiger partial charge in [-0.3, -0.25) is 70.5 Å². The van der Waals surface area contributed by atoms with E-state index in [2.05, 4.69) is 197 Å². The number of nitrogens with two attached hydrogens (primary N) is 4. The van der Waals surface area contributed by atoms with Crippen molar-refractivity contribution >= 4 is 102 Å². The Kier molecular flexibility index (Phi) is 32.0. The number of aliphatic hydroxyl groups is 8. The van der Waals surface area contributed by atoms with E-state index >= 15 is 0 Å². The quantitative estimate of drug-likeness (QED) is 0.0602. The van der Waals surface area contributed by atoms with Gasteiger partial charge in [0.15, 0.2) is 48.2 Å². The van der Waals surface area contributed by atoms with E-state index < -0.39 is 66.6 Å². The Morgan fingerprint density at radius 2 is 0.821 bits per heavy atom. The Morgan fingerprint density at radius 3 is 1.19 bits per heavy atom. The molecule has 31 N–H and O–H groups in total. The number of likely N-dealkylation sites (N-methyl/N-ethyl adjacent to an activating group) is 1. The van der Waals surface area contributed by atoms with Crippen molar-refractivity contribution in [2.75, 3.05) is 47.3 Å². The van der Waals surface area contributed by atoms with Gasteiger partial charge in [-0.25, -0.2) is 34.9 Å². The molecule has 0 radical (unpaired) electrons. The minimum Gasteiger partial charge on any atom is -0.390 e. The number of nitrogens with one attached hydrogen (secondary N) is 15. The average molecular weight is 1960 g/mol. The molecule has 0 aromatic carbocycles. The third-order valence-corrected chi connectivity index (χ3v) is 27.8. The fraction of sp³-hybridized carbons (Fsp3) is 0.685. The standard InChI is InChI=1S/C17H27N5O3.C16H25N5O3.2C14H21N5O3.C12H19N5O.C6H8N4O.C5H6N4O.2C4H10/c1-17(2,3)22-6-7(10-14(22)20-16(18)21-15(10)25)5-19-11-8-4-9(8)12(23)13(11)24;1-16(2,3)21-7-8(6-18-9-4-5-10(22)12(9)23)11-13(21)19-15(17)20-14(11)24;2*1-19-4-5(8-12(19)17-14(15)18-13(8)22)3-16-9-6-2-7(6)10(20)11(9)21;1-6(13)7-5-17(12(2,3)4)9-8(7)10(18)16-11(14)15-9;1-10-3-9-5-4(6(10)11)7-2-8-5;10-5-3-4(7-1-6-3)8-2-9-5;2*1-4(2)3/h6,8-14,19,23-24H,4-5H2,1-3H3,(H3,18,20,21,25);4-5,7,9-13,18,22-23H,6H2,1-3H3,(H3,17,19,20,24);2*4,6-12,16,20-21H,2-3H2,1H3,(H3,15,17,18,22);5,8-9,13H,1-4H3,(H3,14,15,16,18);2-5H,1H3,(H,7,8);1-4H,(H,6,7)(H,8,9,10);2*4H,1-3H3. The van der Waals surface area contributed by atoms with Gasteiger partial charge < -0.3 is 141 Å². The van der Waals surface area contributed by atoms with Crippen molar-refractivity contribution in [3.8, 4) is 0 Å². The lowest BCUT2D eigenvalue weighted by Crippen LogP contribution is -2.64. The molecule has 140 heavy (non-hydrogen) atoms. The molecule has 0 bridgehead atoms. The second kappa shape index (κ2) is 42.4. The summed E-state index contributed by atoms with van der Waals surface area (Å²) in [6.45, 7) is 35.0. The van der Waals surface area contributed by atoms with Crippen molar-refractivity contribution in [2.24, 2.45) is 140 Å². The Labute approximate surface area is 815 Å². The van der Waals surface area contributed by atoms with Crippen molar-refractivity contribution in [2.45, 2.75) is 275 Å². The lowest BCUT2D eigenvalue weighted by molar-refractivity contribution is -0.128. The summed E-state index contributed by atoms with van der Waals surface area (Å²) in [5, 5.41) is 132. The summed E-state index contributed by atoms with van der Waals surface area (Å²) in [4.78, 5) is 128. The first kappa shape index (κ1) is 106. The maximum absolute atomic E-state index is 12.5. The van der Waals surface area contributed by atoms with Crippen LogP contribution in [0, 0.1) is 87.8 Å². The molecule has 6 saturated carbocycles. The zero-order valence-corrected chi connectivity index (χ0v) is 82.9. The highest BCUT2D eigenvalue weighted by molar-refractivity contribution is 6.09. The molecule has 32 unspecified atom stereocenters. The first-order valence-corrected chi connectivity index (χ1v) is 48.0. The summed E-state index contributed by atoms with van der Waals surface area (Å²) in [6, 6.07) is -1.31. The number of hydrogen-bond donors (Lipinski definition) is 27. The smallest absolute Gasteiger partial charge is 0.256 e. The van der Waals surface area contributed by atoms with Crippen molar-refractivity contribution in [3.63, 3.8) is 0 Å². The molecule has 48 heteroatoms. The number of rotatable bonds is 13. The van der Waals surface area contributed by atoms with Gasteiger partial charge in [-0.2, -0.15) is 0 Å². The fourth-order valence-corrected chi connectivity index (χ4v) is 20.6. The average Bonchev–Trinajstić information content (AvgIpc) is 1.57. The maximum atomic E-state index is 12.5. The molecule has 7 aliphatic carbocycles. The molecule has 0 aromatic heterocycles. The van der Waals surface area contributed by atoms with Gasteiger partial charge in [-0.1, -0.05) is 53.7 Å². The molecule has 48 nitrogen and oxygen atoms in total. The fourth-order valence-electron chi connectivity index (χ4n) is 20.6. The first-order valence-electron chi connectivity index (χ1n) is 48.0. The normalized spacial score (nSPS) is 37.3. The molecule has 14 aliphatic heterocycles. The lowest BCUT2D eigenvalue weighted by atomic mass is 9.93. The number of amides is 7. The van der Waals surface area contributed by atoms with Crippen LogP contribution in [0.5, 0.6) is 0 Å². The first-order chi connectivity index (χ1) is 65.6. The molecule has 7 fully saturated rings. The number of carbonyl (C=O) groups excluding carboxylic acids is 7. The molecule has 7 amide bonds. The van der Waals surface area contributed by atoms with Gasteiger partial charge >= 0.3 is 0 Å². The second-order valence-corrected chi connectivity index (χ2v) is 43.4. The summed E-state index contributed by atoms with van der Waals surface area (Å²) in [5.74, 6) is 1.10. The van der Waals surface area contributed by atoms with Gasteiger partial charge in [0.2, 0.25) is 29.5 Å². The maximum Gasteiger partial charge on any atom is 0.256 e. The zero-order valence-electron chi connectivity index (χ0n) is 82.9. The zero-order chi connectivity index (χ0) is 103. The summed E-state index contributed by atoms with van der Waals surface area (Å²) in [7, 11) is 5.41. The highest BCUT2D eigenvalue weighted by Crippen LogP contribution is 2.55. The van der Waals surface area contributed by atoms with Crippen LogP contribution in [0.1, 0.15) is 130 Å². The topological polar surface area (TPSA) is 708 Å². The number of aliphatic hydroxyl groups excluding tert-OH is 8. The van der Waals surface area contributed by atoms with Crippen molar-refractivity contribution in [1.29, 1.82) is 10.8 Å². The Hall–Kier alpha value is -11.4. The molecule has 32 atom stereocenters. The molecule has 1 saturated heterocycles. The number of guanidine groups is 5. The monoisotopic (exact) mass is 1950 g/mol. The summed E-state index contributed by atoms with van der Waals surface area (Å²) in [5.41, 5.74) is 26.9. The van der Waals surface area contributed by atoms with E-state index in [9.17, 15) is 74.4 Å². The van der Waals surface area contributed by atoms with Crippen molar-refractivity contribution in [1.82, 2.24) is 98.5 Å². The molecule has 14 heterocycles. The minimum atomic E-state index is -0.879. The minimum absolute atomic E-state index is 0.00810. The van der Waals surface area contributed by atoms with Crippen LogP contribution in [0.3, 0.4) is 0 Å². The van der Waals surface area contributed by atoms with E-state index in [4.69, 9.17) is 33.8 Å². The van der Waals surface area contributed by atoms with E-state index in [0.29, 0.717) is 55.2 Å². The van der Waals surface area contributed by atoms with Gasteiger partial charge in [-0.15, -0.1) is 0 Å². The van der Waals surface area contributed by atoms with Gasteiger partial charge in [0, 0.05) is 124 Å². The molecular formula is C92H147N33O15. The van der Waals surface area contributed by atoms with Crippen LogP contribution in [-0.2, 0) is 33.6 Å². The number of nitrogens with zero attached hydrogens (tertiary/aromatic N) is 14. The molecule has 21 aliphatic rings. The van der Waals surface area contributed by atoms with Crippen LogP contribution in [-0.4, -0.2) is 365 Å². The third-order valence-electron chi connectivity index (χ3n) is 27.8. The Balaban J connectivity index is 0.000000138. The highest BCUT2D eigenvalue weighted by atomic mass is 16.3. The van der Waals surface area contributed by atoms with E-state index in [1.165, 1.54) is 30.3 Å². The summed E-state index contributed by atoms with van der Waals surface area (Å²) >= 11 is 0. The number of carbonyl (C=O) groups is 7. The van der Waals surface area contributed by atoms with Crippen LogP contribution in [0.4, 0.5) is 0 Å². The van der Waals surface area contributed by atoms with Gasteiger partial charge in [0.1, 0.15) is 72.6 Å². The third kappa shape index (κ3) is 23.3. The van der Waals surface area contributed by atoms with Crippen LogP contribution >= 0.6 is 0 Å². The van der Waals surface area contributed by atoms with Crippen LogP contribution in [0.2, 0.25) is 0 Å². The number of aliphatic imine (C=N–C) groups is 8. The molecule has 770 valence electrons. The molecule has 21 rings (SSSR count). The van der Waals surface area contributed by atoms with Crippen LogP contribution in [0.25, 0.3) is 0 Å². The van der Waals surface area contributed by atoms with E-state index in [1.54, 1.807) is 26.1 Å². The van der Waals surface area contributed by atoms with E-state index in [1.807, 2.05) is 85.5 Å². The van der Waals surface area contributed by atoms with E-state index in [0.717, 1.165) is 53.4 Å². The molecule has 0 aromatic rings. The van der Waals surface area contributed by atoms with Gasteiger partial charge in [0.05, 0.1) is 74.1 Å².